The Balaban J connectivity index is 1.97. The average Bonchev–Trinajstić information content (AvgIpc) is 3.06. The first kappa shape index (κ1) is 20.8. The second kappa shape index (κ2) is 8.35. The lowest BCUT2D eigenvalue weighted by molar-refractivity contribution is -0.132. The predicted octanol–water partition coefficient (Wildman–Crippen LogP) is 4.79. The highest BCUT2D eigenvalue weighted by molar-refractivity contribution is 9.10. The first-order valence-electron chi connectivity index (χ1n) is 9.55. The fraction of sp³-hybridized carbons (Fsp3) is 0.125. The molecule has 7 heteroatoms. The molecule has 4 rings (SSSR count). The summed E-state index contributed by atoms with van der Waals surface area (Å²) >= 11 is 3.44. The first-order valence-corrected chi connectivity index (χ1v) is 10.3. The van der Waals surface area contributed by atoms with E-state index < -0.39 is 17.7 Å². The highest BCUT2D eigenvalue weighted by Gasteiger charge is 2.48. The van der Waals surface area contributed by atoms with Crippen LogP contribution in [0.3, 0.4) is 0 Å². The molecule has 6 nitrogen and oxygen atoms in total. The van der Waals surface area contributed by atoms with Crippen molar-refractivity contribution < 1.29 is 19.4 Å². The van der Waals surface area contributed by atoms with E-state index in [1.54, 1.807) is 66.9 Å². The Bertz CT molecular complexity index is 1210. The zero-order chi connectivity index (χ0) is 22.1. The number of rotatable bonds is 4. The number of para-hydroxylation sites is 2. The molecule has 1 atom stereocenters. The normalized spacial score (nSPS) is 17.8. The molecular formula is C24H19BrN2O4. The number of methoxy groups -OCH3 is 1. The van der Waals surface area contributed by atoms with E-state index in [2.05, 4.69) is 20.9 Å². The number of Topliss-reactive ketones (excluding diaryl/α,β-unsaturated/α-hetero) is 1. The van der Waals surface area contributed by atoms with Crippen LogP contribution in [0, 0.1) is 6.92 Å². The van der Waals surface area contributed by atoms with E-state index >= 15 is 0 Å². The van der Waals surface area contributed by atoms with Gasteiger partial charge in [-0.2, -0.15) is 0 Å². The monoisotopic (exact) mass is 478 g/mol. The molecule has 31 heavy (non-hydrogen) atoms. The number of aliphatic hydroxyl groups excluding tert-OH is 1. The molecule has 2 aromatic carbocycles. The molecule has 3 aromatic rings. The Kier molecular flexibility index (Phi) is 5.61. The lowest BCUT2D eigenvalue weighted by atomic mass is 9.97. The van der Waals surface area contributed by atoms with Gasteiger partial charge in [-0.3, -0.25) is 19.5 Å². The number of ketones is 1. The molecule has 2 heterocycles. The zero-order valence-corrected chi connectivity index (χ0v) is 18.5. The summed E-state index contributed by atoms with van der Waals surface area (Å²) in [7, 11) is 1.50. The van der Waals surface area contributed by atoms with Crippen LogP contribution < -0.4 is 9.64 Å². The fourth-order valence-electron chi connectivity index (χ4n) is 3.67. The molecule has 0 aliphatic carbocycles. The number of ether oxygens (including phenoxy) is 1. The van der Waals surface area contributed by atoms with Gasteiger partial charge in [-0.25, -0.2) is 0 Å². The van der Waals surface area contributed by atoms with Crippen molar-refractivity contribution in [3.8, 4) is 5.75 Å². The van der Waals surface area contributed by atoms with Crippen molar-refractivity contribution in [1.29, 1.82) is 0 Å². The Hall–Kier alpha value is -3.45. The number of aromatic nitrogens is 1. The molecule has 1 amide bonds. The minimum absolute atomic E-state index is 0.0173. The van der Waals surface area contributed by atoms with Gasteiger partial charge in [0.2, 0.25) is 0 Å². The number of carbonyl (C=O) groups is 2. The van der Waals surface area contributed by atoms with Gasteiger partial charge in [-0.05, 0) is 48.9 Å². The maximum Gasteiger partial charge on any atom is 0.300 e. The van der Waals surface area contributed by atoms with E-state index in [1.807, 2.05) is 6.92 Å². The minimum atomic E-state index is -0.901. The number of anilines is 1. The summed E-state index contributed by atoms with van der Waals surface area (Å²) in [5, 5.41) is 11.2. The van der Waals surface area contributed by atoms with Crippen LogP contribution in [0.25, 0.3) is 5.76 Å². The van der Waals surface area contributed by atoms with Crippen molar-refractivity contribution in [3.63, 3.8) is 0 Å². The molecule has 0 saturated carbocycles. The maximum absolute atomic E-state index is 13.2. The summed E-state index contributed by atoms with van der Waals surface area (Å²) in [5.41, 5.74) is 2.20. The van der Waals surface area contributed by atoms with E-state index in [9.17, 15) is 14.7 Å². The Morgan fingerprint density at radius 1 is 1.10 bits per heavy atom. The number of halogens is 1. The maximum atomic E-state index is 13.2. The standard InChI is InChI=1S/C24H19BrN2O4/c1-14-13-15(10-11-16(14)25)22(28)20-21(17-7-5-6-12-26-17)27(24(30)23(20)29)18-8-3-4-9-19(18)31-2/h3-13,21,28H,1-2H3/b22-20-. The number of hydrogen-bond donors (Lipinski definition) is 1. The summed E-state index contributed by atoms with van der Waals surface area (Å²) in [4.78, 5) is 32.0. The van der Waals surface area contributed by atoms with Crippen LogP contribution in [0.15, 0.2) is 76.9 Å². The number of aliphatic hydroxyl groups is 1. The molecule has 0 spiro atoms. The molecule has 1 aliphatic heterocycles. The van der Waals surface area contributed by atoms with Crippen LogP contribution in [-0.2, 0) is 9.59 Å². The zero-order valence-electron chi connectivity index (χ0n) is 16.9. The molecule has 1 fully saturated rings. The molecule has 0 radical (unpaired) electrons. The van der Waals surface area contributed by atoms with Crippen LogP contribution in [0.2, 0.25) is 0 Å². The van der Waals surface area contributed by atoms with Crippen LogP contribution in [-0.4, -0.2) is 28.9 Å². The van der Waals surface area contributed by atoms with E-state index in [0.717, 1.165) is 10.0 Å². The molecule has 1 unspecified atom stereocenters. The van der Waals surface area contributed by atoms with Gasteiger partial charge in [-0.15, -0.1) is 0 Å². The second-order valence-electron chi connectivity index (χ2n) is 7.06. The van der Waals surface area contributed by atoms with Gasteiger partial charge >= 0.3 is 0 Å². The van der Waals surface area contributed by atoms with E-state index in [1.165, 1.54) is 12.0 Å². The van der Waals surface area contributed by atoms with Crippen LogP contribution in [0.1, 0.15) is 22.9 Å². The summed E-state index contributed by atoms with van der Waals surface area (Å²) in [5.74, 6) is -1.35. The van der Waals surface area contributed by atoms with Crippen molar-refractivity contribution in [2.75, 3.05) is 12.0 Å². The number of pyridine rings is 1. The van der Waals surface area contributed by atoms with Gasteiger partial charge < -0.3 is 9.84 Å². The van der Waals surface area contributed by atoms with Crippen LogP contribution in [0.4, 0.5) is 5.69 Å². The fourth-order valence-corrected chi connectivity index (χ4v) is 3.92. The van der Waals surface area contributed by atoms with Crippen LogP contribution in [0.5, 0.6) is 5.75 Å². The van der Waals surface area contributed by atoms with Crippen molar-refractivity contribution >= 4 is 39.1 Å². The van der Waals surface area contributed by atoms with Crippen LogP contribution >= 0.6 is 15.9 Å². The van der Waals surface area contributed by atoms with Crippen molar-refractivity contribution in [3.05, 3.63) is 93.7 Å². The first-order chi connectivity index (χ1) is 14.9. The number of nitrogens with zero attached hydrogens (tertiary/aromatic N) is 2. The topological polar surface area (TPSA) is 79.7 Å². The minimum Gasteiger partial charge on any atom is -0.507 e. The van der Waals surface area contributed by atoms with E-state index in [0.29, 0.717) is 22.7 Å². The van der Waals surface area contributed by atoms with Gasteiger partial charge in [0.15, 0.2) is 0 Å². The largest absolute Gasteiger partial charge is 0.507 e. The number of hydrogen-bond acceptors (Lipinski definition) is 5. The average molecular weight is 479 g/mol. The van der Waals surface area contributed by atoms with Gasteiger partial charge in [0.05, 0.1) is 24.1 Å². The van der Waals surface area contributed by atoms with Crippen molar-refractivity contribution in [2.45, 2.75) is 13.0 Å². The highest BCUT2D eigenvalue weighted by Crippen LogP contribution is 2.44. The van der Waals surface area contributed by atoms with Gasteiger partial charge in [0, 0.05) is 16.2 Å². The second-order valence-corrected chi connectivity index (χ2v) is 7.91. The molecule has 156 valence electrons. The molecule has 1 aromatic heterocycles. The lowest BCUT2D eigenvalue weighted by Gasteiger charge is -2.26. The van der Waals surface area contributed by atoms with Gasteiger partial charge in [-0.1, -0.05) is 40.2 Å². The van der Waals surface area contributed by atoms with Gasteiger partial charge in [0.1, 0.15) is 17.6 Å². The summed E-state index contributed by atoms with van der Waals surface area (Å²) in [6, 6.07) is 16.5. The summed E-state index contributed by atoms with van der Waals surface area (Å²) in [6.45, 7) is 1.88. The van der Waals surface area contributed by atoms with E-state index in [4.69, 9.17) is 4.74 Å². The molecule has 1 saturated heterocycles. The van der Waals surface area contributed by atoms with Crippen molar-refractivity contribution in [1.82, 2.24) is 4.98 Å². The number of carbonyl (C=O) groups excluding carboxylic acids is 2. The Morgan fingerprint density at radius 2 is 1.84 bits per heavy atom. The number of aryl methyl sites for hydroxylation is 1. The molecule has 1 aliphatic rings. The highest BCUT2D eigenvalue weighted by atomic mass is 79.9. The SMILES string of the molecule is COc1ccccc1N1C(=O)C(=O)/C(=C(\O)c2ccc(Br)c(C)c2)C1c1ccccn1. The molecule has 1 N–H and O–H groups in total. The smallest absolute Gasteiger partial charge is 0.300 e. The Morgan fingerprint density at radius 3 is 2.52 bits per heavy atom. The summed E-state index contributed by atoms with van der Waals surface area (Å²) in [6.07, 6.45) is 1.58. The summed E-state index contributed by atoms with van der Waals surface area (Å²) < 4.78 is 6.30. The Labute approximate surface area is 187 Å². The molecule has 0 bridgehead atoms. The third-order valence-electron chi connectivity index (χ3n) is 5.19. The quantitative estimate of drug-likeness (QED) is 0.331. The number of benzene rings is 2. The molecular weight excluding hydrogens is 460 g/mol. The third-order valence-corrected chi connectivity index (χ3v) is 6.08. The van der Waals surface area contributed by atoms with Crippen molar-refractivity contribution in [2.24, 2.45) is 0 Å². The van der Waals surface area contributed by atoms with Gasteiger partial charge in [0.25, 0.3) is 11.7 Å². The third kappa shape index (κ3) is 3.61. The lowest BCUT2D eigenvalue weighted by Crippen LogP contribution is -2.30. The number of amides is 1. The predicted molar refractivity (Wildman–Crippen MR) is 121 cm³/mol. The van der Waals surface area contributed by atoms with E-state index in [-0.39, 0.29) is 11.3 Å².